The number of carbonyl (C=O) groups excluding carboxylic acids is 1. The van der Waals surface area contributed by atoms with Crippen molar-refractivity contribution in [3.63, 3.8) is 0 Å². The molecule has 0 aromatic heterocycles. The van der Waals surface area contributed by atoms with Gasteiger partial charge in [0.2, 0.25) is 5.91 Å². The van der Waals surface area contributed by atoms with Gasteiger partial charge in [0.1, 0.15) is 24.4 Å². The number of rotatable bonds is 46. The summed E-state index contributed by atoms with van der Waals surface area (Å²) in [4.78, 5) is 13.0. The van der Waals surface area contributed by atoms with Crippen LogP contribution >= 0.6 is 0 Å². The number of carbonyl (C=O) groups is 1. The van der Waals surface area contributed by atoms with Crippen LogP contribution in [0.2, 0.25) is 0 Å². The molecule has 0 aliphatic carbocycles. The zero-order valence-electron chi connectivity index (χ0n) is 42.4. The van der Waals surface area contributed by atoms with Gasteiger partial charge < -0.3 is 40.3 Å². The lowest BCUT2D eigenvalue weighted by molar-refractivity contribution is -0.302. The number of amides is 1. The summed E-state index contributed by atoms with van der Waals surface area (Å²) < 4.78 is 11.2. The van der Waals surface area contributed by atoms with Crippen LogP contribution in [-0.4, -0.2) is 87.5 Å². The summed E-state index contributed by atoms with van der Waals surface area (Å²) in [6.45, 7) is 3.74. The number of aliphatic hydroxyl groups is 5. The van der Waals surface area contributed by atoms with Crippen LogP contribution < -0.4 is 5.32 Å². The highest BCUT2D eigenvalue weighted by Gasteiger charge is 2.44. The van der Waals surface area contributed by atoms with Crippen molar-refractivity contribution >= 4 is 5.91 Å². The Morgan fingerprint density at radius 2 is 0.909 bits per heavy atom. The Morgan fingerprint density at radius 3 is 1.39 bits per heavy atom. The predicted octanol–water partition coefficient (Wildman–Crippen LogP) is 13.1. The fourth-order valence-electron chi connectivity index (χ4n) is 8.41. The molecule has 1 amide bonds. The fraction of sp³-hybridized carbons (Fsp3) is 0.807. The number of hydrogen-bond acceptors (Lipinski definition) is 8. The average molecular weight is 930 g/mol. The first-order valence-electron chi connectivity index (χ1n) is 27.5. The minimum Gasteiger partial charge on any atom is -0.394 e. The molecule has 1 aliphatic rings. The van der Waals surface area contributed by atoms with Crippen LogP contribution in [0.15, 0.2) is 60.8 Å². The van der Waals surface area contributed by atoms with Gasteiger partial charge in [0, 0.05) is 6.42 Å². The van der Waals surface area contributed by atoms with E-state index < -0.39 is 49.5 Å². The van der Waals surface area contributed by atoms with E-state index >= 15 is 0 Å². The maximum absolute atomic E-state index is 13.0. The van der Waals surface area contributed by atoms with E-state index in [2.05, 4.69) is 67.8 Å². The van der Waals surface area contributed by atoms with E-state index in [0.717, 1.165) is 51.4 Å². The van der Waals surface area contributed by atoms with Crippen molar-refractivity contribution in [3.05, 3.63) is 60.8 Å². The van der Waals surface area contributed by atoms with Gasteiger partial charge >= 0.3 is 0 Å². The standard InChI is InChI=1S/C57H103NO8/c1-3-5-7-9-11-13-15-17-19-21-23-24-25-26-27-29-30-32-34-36-38-40-42-44-46-51(60)50(49-65-57-56(64)55(63)54(62)52(48-59)66-57)58-53(61)47-45-43-41-39-37-35-33-31-28-22-20-18-16-14-12-10-8-6-4-2/h12,14,16,18,29-30,36,38,44,46,50-52,54-57,59-60,62-64H,3-11,13,15,17,19-28,31-35,37,39-43,45,47-49H2,1-2H3,(H,58,61)/b14-12-,18-16-,30-29+,38-36+,46-44+. The molecule has 1 saturated heterocycles. The maximum Gasteiger partial charge on any atom is 0.220 e. The molecule has 0 spiro atoms. The van der Waals surface area contributed by atoms with E-state index in [0.29, 0.717) is 6.42 Å². The predicted molar refractivity (Wildman–Crippen MR) is 276 cm³/mol. The minimum absolute atomic E-state index is 0.195. The number of aliphatic hydroxyl groups excluding tert-OH is 5. The monoisotopic (exact) mass is 930 g/mol. The largest absolute Gasteiger partial charge is 0.394 e. The van der Waals surface area contributed by atoms with E-state index in [1.807, 2.05) is 6.08 Å². The molecule has 0 bridgehead atoms. The van der Waals surface area contributed by atoms with Crippen LogP contribution in [0.1, 0.15) is 239 Å². The second-order valence-electron chi connectivity index (χ2n) is 19.0. The summed E-state index contributed by atoms with van der Waals surface area (Å²) in [5.74, 6) is -0.195. The molecule has 7 atom stereocenters. The van der Waals surface area contributed by atoms with Crippen LogP contribution in [0, 0.1) is 0 Å². The Bertz CT molecular complexity index is 1220. The third-order valence-corrected chi connectivity index (χ3v) is 12.8. The molecule has 9 nitrogen and oxygen atoms in total. The summed E-state index contributed by atoms with van der Waals surface area (Å²) in [5.41, 5.74) is 0. The van der Waals surface area contributed by atoms with Crippen LogP contribution in [0.5, 0.6) is 0 Å². The molecule has 0 aromatic carbocycles. The van der Waals surface area contributed by atoms with Gasteiger partial charge in [-0.25, -0.2) is 0 Å². The lowest BCUT2D eigenvalue weighted by Crippen LogP contribution is -2.60. The molecule has 6 N–H and O–H groups in total. The summed E-state index contributed by atoms with van der Waals surface area (Å²) in [6.07, 6.45) is 55.6. The first-order chi connectivity index (χ1) is 32.3. The van der Waals surface area contributed by atoms with Crippen LogP contribution in [-0.2, 0) is 14.3 Å². The third kappa shape index (κ3) is 36.0. The van der Waals surface area contributed by atoms with Gasteiger partial charge in [-0.15, -0.1) is 0 Å². The molecule has 1 rings (SSSR count). The quantitative estimate of drug-likeness (QED) is 0.0201. The molecule has 7 unspecified atom stereocenters. The molecular formula is C57H103NO8. The summed E-state index contributed by atoms with van der Waals surface area (Å²) >= 11 is 0. The Morgan fingerprint density at radius 1 is 0.515 bits per heavy atom. The molecule has 1 aliphatic heterocycles. The van der Waals surface area contributed by atoms with Crippen molar-refractivity contribution in [2.24, 2.45) is 0 Å². The van der Waals surface area contributed by atoms with Gasteiger partial charge in [0.15, 0.2) is 6.29 Å². The molecule has 66 heavy (non-hydrogen) atoms. The van der Waals surface area contributed by atoms with E-state index in [-0.39, 0.29) is 12.5 Å². The van der Waals surface area contributed by atoms with Crippen molar-refractivity contribution in [2.75, 3.05) is 13.2 Å². The molecule has 1 fully saturated rings. The van der Waals surface area contributed by atoms with Crippen LogP contribution in [0.25, 0.3) is 0 Å². The zero-order chi connectivity index (χ0) is 48.0. The molecule has 0 aromatic rings. The Hall–Kier alpha value is -2.11. The Balaban J connectivity index is 2.30. The normalized spacial score (nSPS) is 20.3. The highest BCUT2D eigenvalue weighted by Crippen LogP contribution is 2.23. The summed E-state index contributed by atoms with van der Waals surface area (Å²) in [5, 5.41) is 54.4. The zero-order valence-corrected chi connectivity index (χ0v) is 42.4. The van der Waals surface area contributed by atoms with Crippen LogP contribution in [0.3, 0.4) is 0 Å². The Kier molecular flexibility index (Phi) is 43.7. The number of ether oxygens (including phenoxy) is 2. The highest BCUT2D eigenvalue weighted by molar-refractivity contribution is 5.76. The van der Waals surface area contributed by atoms with Gasteiger partial charge in [0.05, 0.1) is 25.4 Å². The van der Waals surface area contributed by atoms with E-state index in [1.165, 1.54) is 167 Å². The SMILES string of the molecule is CCCCC/C=C\C=C/CCCCCCCCCCCCC(=O)NC(COC1OC(CO)C(O)C(O)C1O)C(O)/C=C/CC/C=C/CC/C=C/CCCCCCCCCCCCCCCC. The lowest BCUT2D eigenvalue weighted by atomic mass is 9.99. The first-order valence-corrected chi connectivity index (χ1v) is 27.5. The topological polar surface area (TPSA) is 149 Å². The van der Waals surface area contributed by atoms with Crippen molar-refractivity contribution < 1.29 is 39.8 Å². The second kappa shape index (κ2) is 46.6. The van der Waals surface area contributed by atoms with Gasteiger partial charge in [-0.2, -0.15) is 0 Å². The summed E-state index contributed by atoms with van der Waals surface area (Å²) in [7, 11) is 0. The molecule has 384 valence electrons. The van der Waals surface area contributed by atoms with Gasteiger partial charge in [-0.3, -0.25) is 4.79 Å². The smallest absolute Gasteiger partial charge is 0.220 e. The first kappa shape index (κ1) is 61.9. The van der Waals surface area contributed by atoms with Crippen molar-refractivity contribution in [3.8, 4) is 0 Å². The van der Waals surface area contributed by atoms with E-state index in [9.17, 15) is 30.3 Å². The second-order valence-corrected chi connectivity index (χ2v) is 19.0. The van der Waals surface area contributed by atoms with E-state index in [1.54, 1.807) is 6.08 Å². The van der Waals surface area contributed by atoms with Crippen molar-refractivity contribution in [1.82, 2.24) is 5.32 Å². The van der Waals surface area contributed by atoms with E-state index in [4.69, 9.17) is 9.47 Å². The lowest BCUT2D eigenvalue weighted by Gasteiger charge is -2.40. The number of nitrogens with one attached hydrogen (secondary N) is 1. The average Bonchev–Trinajstić information content (AvgIpc) is 3.32. The minimum atomic E-state index is -1.58. The number of allylic oxidation sites excluding steroid dienone is 9. The Labute approximate surface area is 405 Å². The number of hydrogen-bond donors (Lipinski definition) is 6. The van der Waals surface area contributed by atoms with Crippen molar-refractivity contribution in [1.29, 1.82) is 0 Å². The third-order valence-electron chi connectivity index (χ3n) is 12.8. The highest BCUT2D eigenvalue weighted by atomic mass is 16.7. The summed E-state index contributed by atoms with van der Waals surface area (Å²) in [6, 6.07) is -0.832. The van der Waals surface area contributed by atoms with Crippen LogP contribution in [0.4, 0.5) is 0 Å². The maximum atomic E-state index is 13.0. The molecule has 0 radical (unpaired) electrons. The molecular weight excluding hydrogens is 827 g/mol. The van der Waals surface area contributed by atoms with Gasteiger partial charge in [0.25, 0.3) is 0 Å². The fourth-order valence-corrected chi connectivity index (χ4v) is 8.41. The number of unbranched alkanes of at least 4 members (excludes halogenated alkanes) is 29. The van der Waals surface area contributed by atoms with Crippen molar-refractivity contribution in [2.45, 2.75) is 281 Å². The van der Waals surface area contributed by atoms with Gasteiger partial charge in [-0.05, 0) is 70.6 Å². The molecule has 0 saturated carbocycles. The molecule has 9 heteroatoms. The van der Waals surface area contributed by atoms with Gasteiger partial charge in [-0.1, -0.05) is 222 Å². The molecule has 1 heterocycles.